The summed E-state index contributed by atoms with van der Waals surface area (Å²) < 4.78 is 12.9. The summed E-state index contributed by atoms with van der Waals surface area (Å²) in [5.41, 5.74) is 7.24. The van der Waals surface area contributed by atoms with Gasteiger partial charge in [-0.3, -0.25) is 4.79 Å². The Morgan fingerprint density at radius 1 is 1.21 bits per heavy atom. The maximum atomic E-state index is 12.9. The minimum atomic E-state index is -0.692. The molecule has 0 aliphatic rings. The molecule has 0 aliphatic heterocycles. The van der Waals surface area contributed by atoms with Gasteiger partial charge in [-0.1, -0.05) is 48.0 Å². The van der Waals surface area contributed by atoms with Gasteiger partial charge in [-0.05, 0) is 23.3 Å². The second-order valence-corrected chi connectivity index (χ2v) is 4.67. The van der Waals surface area contributed by atoms with E-state index in [0.29, 0.717) is 5.56 Å². The molecule has 1 unspecified atom stereocenters. The number of ketones is 1. The lowest BCUT2D eigenvalue weighted by Gasteiger charge is -2.11. The second-order valence-electron chi connectivity index (χ2n) is 4.27. The Labute approximate surface area is 116 Å². The summed E-state index contributed by atoms with van der Waals surface area (Å²) in [7, 11) is 0. The van der Waals surface area contributed by atoms with E-state index in [2.05, 4.69) is 0 Å². The Balaban J connectivity index is 2.13. The van der Waals surface area contributed by atoms with E-state index in [-0.39, 0.29) is 17.2 Å². The monoisotopic (exact) mass is 277 g/mol. The van der Waals surface area contributed by atoms with Gasteiger partial charge in [0.15, 0.2) is 5.78 Å². The fourth-order valence-corrected chi connectivity index (χ4v) is 2.04. The van der Waals surface area contributed by atoms with Crippen LogP contribution >= 0.6 is 11.6 Å². The van der Waals surface area contributed by atoms with Crippen LogP contribution in [0.25, 0.3) is 0 Å². The van der Waals surface area contributed by atoms with Crippen LogP contribution in [0, 0.1) is 5.82 Å². The highest BCUT2D eigenvalue weighted by molar-refractivity contribution is 6.31. The van der Waals surface area contributed by atoms with E-state index < -0.39 is 11.9 Å². The summed E-state index contributed by atoms with van der Waals surface area (Å²) in [5.74, 6) is -0.576. The summed E-state index contributed by atoms with van der Waals surface area (Å²) in [6.07, 6.45) is 0.0924. The maximum Gasteiger partial charge on any atom is 0.158 e. The number of halogens is 2. The highest BCUT2D eigenvalue weighted by Gasteiger charge is 2.17. The molecule has 98 valence electrons. The van der Waals surface area contributed by atoms with E-state index in [1.807, 2.05) is 18.2 Å². The molecule has 0 heterocycles. The van der Waals surface area contributed by atoms with Crippen LogP contribution in [-0.4, -0.2) is 5.78 Å². The second kappa shape index (κ2) is 5.95. The third-order valence-electron chi connectivity index (χ3n) is 2.89. The largest absolute Gasteiger partial charge is 0.318 e. The lowest BCUT2D eigenvalue weighted by Crippen LogP contribution is -2.23. The predicted molar refractivity (Wildman–Crippen MR) is 73.5 cm³/mol. The molecule has 0 aromatic heterocycles. The summed E-state index contributed by atoms with van der Waals surface area (Å²) >= 11 is 5.89. The van der Waals surface area contributed by atoms with Crippen molar-refractivity contribution in [1.82, 2.24) is 0 Å². The zero-order chi connectivity index (χ0) is 13.8. The Bertz CT molecular complexity index is 586. The van der Waals surface area contributed by atoms with Crippen molar-refractivity contribution in [2.75, 3.05) is 0 Å². The molecule has 19 heavy (non-hydrogen) atoms. The fraction of sp³-hybridized carbons (Fsp3) is 0.133. The van der Waals surface area contributed by atoms with Gasteiger partial charge in [0.25, 0.3) is 0 Å². The van der Waals surface area contributed by atoms with E-state index in [0.717, 1.165) is 5.56 Å². The molecule has 2 rings (SSSR count). The van der Waals surface area contributed by atoms with Crippen molar-refractivity contribution in [2.24, 2.45) is 5.73 Å². The molecule has 0 radical (unpaired) electrons. The summed E-state index contributed by atoms with van der Waals surface area (Å²) in [5, 5.41) is 0.244. The molecule has 0 saturated heterocycles. The van der Waals surface area contributed by atoms with Crippen LogP contribution in [0.15, 0.2) is 48.5 Å². The number of benzene rings is 2. The Morgan fingerprint density at radius 2 is 1.89 bits per heavy atom. The first-order valence-electron chi connectivity index (χ1n) is 5.85. The van der Waals surface area contributed by atoms with Gasteiger partial charge in [-0.15, -0.1) is 0 Å². The molecule has 2 nitrogen and oxygen atoms in total. The number of Topliss-reactive ketones (excluding diaryl/α,β-unsaturated/α-hetero) is 1. The summed E-state index contributed by atoms with van der Waals surface area (Å²) in [6, 6.07) is 12.4. The smallest absolute Gasteiger partial charge is 0.158 e. The average Bonchev–Trinajstić information content (AvgIpc) is 2.42. The van der Waals surface area contributed by atoms with Gasteiger partial charge in [-0.25, -0.2) is 4.39 Å². The molecule has 0 amide bonds. The number of hydrogen-bond donors (Lipinski definition) is 1. The lowest BCUT2D eigenvalue weighted by atomic mass is 9.98. The number of nitrogens with two attached hydrogens (primary N) is 1. The van der Waals surface area contributed by atoms with Gasteiger partial charge in [0.1, 0.15) is 5.82 Å². The van der Waals surface area contributed by atoms with Gasteiger partial charge < -0.3 is 5.73 Å². The van der Waals surface area contributed by atoms with Crippen molar-refractivity contribution in [3.05, 3.63) is 70.5 Å². The van der Waals surface area contributed by atoms with E-state index in [4.69, 9.17) is 17.3 Å². The highest BCUT2D eigenvalue weighted by atomic mass is 35.5. The number of carbonyl (C=O) groups is 1. The lowest BCUT2D eigenvalue weighted by molar-refractivity contribution is -0.119. The van der Waals surface area contributed by atoms with E-state index in [9.17, 15) is 9.18 Å². The van der Waals surface area contributed by atoms with Gasteiger partial charge in [-0.2, -0.15) is 0 Å². The van der Waals surface area contributed by atoms with Crippen molar-refractivity contribution >= 4 is 17.4 Å². The van der Waals surface area contributed by atoms with Crippen LogP contribution in [-0.2, 0) is 11.2 Å². The van der Waals surface area contributed by atoms with Crippen LogP contribution in [0.1, 0.15) is 17.2 Å². The first-order chi connectivity index (χ1) is 9.08. The molecule has 2 aromatic carbocycles. The standard InChI is InChI=1S/C15H13ClFNO/c16-13-9-12(17)7-6-11(13)8-14(19)15(18)10-4-2-1-3-5-10/h1-7,9,15H,8,18H2. The Morgan fingerprint density at radius 3 is 2.53 bits per heavy atom. The van der Waals surface area contributed by atoms with Crippen LogP contribution in [0.2, 0.25) is 5.02 Å². The minimum Gasteiger partial charge on any atom is -0.318 e. The molecule has 1 atom stereocenters. The van der Waals surface area contributed by atoms with Crippen molar-refractivity contribution in [1.29, 1.82) is 0 Å². The van der Waals surface area contributed by atoms with Crippen molar-refractivity contribution in [3.63, 3.8) is 0 Å². The molecular weight excluding hydrogens is 265 g/mol. The van der Waals surface area contributed by atoms with E-state index in [1.54, 1.807) is 12.1 Å². The third kappa shape index (κ3) is 3.40. The minimum absolute atomic E-state index is 0.0924. The molecule has 2 aromatic rings. The SMILES string of the molecule is NC(C(=O)Cc1ccc(F)cc1Cl)c1ccccc1. The molecule has 0 bridgehead atoms. The van der Waals surface area contributed by atoms with Crippen LogP contribution in [0.4, 0.5) is 4.39 Å². The van der Waals surface area contributed by atoms with Gasteiger partial charge in [0.05, 0.1) is 6.04 Å². The summed E-state index contributed by atoms with van der Waals surface area (Å²) in [6.45, 7) is 0. The molecule has 2 N–H and O–H groups in total. The zero-order valence-corrected chi connectivity index (χ0v) is 10.9. The van der Waals surface area contributed by atoms with Gasteiger partial charge in [0, 0.05) is 11.4 Å². The number of carbonyl (C=O) groups excluding carboxylic acids is 1. The molecule has 0 fully saturated rings. The van der Waals surface area contributed by atoms with Crippen molar-refractivity contribution < 1.29 is 9.18 Å². The normalized spacial score (nSPS) is 12.2. The van der Waals surface area contributed by atoms with Crippen LogP contribution in [0.5, 0.6) is 0 Å². The highest BCUT2D eigenvalue weighted by Crippen LogP contribution is 2.20. The predicted octanol–water partition coefficient (Wildman–Crippen LogP) is 3.29. The first-order valence-corrected chi connectivity index (χ1v) is 6.23. The maximum absolute atomic E-state index is 12.9. The van der Waals surface area contributed by atoms with Crippen LogP contribution < -0.4 is 5.73 Å². The molecule has 0 saturated carbocycles. The third-order valence-corrected chi connectivity index (χ3v) is 3.24. The quantitative estimate of drug-likeness (QED) is 0.932. The molecule has 0 aliphatic carbocycles. The fourth-order valence-electron chi connectivity index (χ4n) is 1.81. The Hall–Kier alpha value is -1.71. The van der Waals surface area contributed by atoms with Crippen molar-refractivity contribution in [3.8, 4) is 0 Å². The average molecular weight is 278 g/mol. The van der Waals surface area contributed by atoms with Gasteiger partial charge >= 0.3 is 0 Å². The molecule has 0 spiro atoms. The first kappa shape index (κ1) is 13.7. The zero-order valence-electron chi connectivity index (χ0n) is 10.1. The molecule has 4 heteroatoms. The van der Waals surface area contributed by atoms with E-state index in [1.165, 1.54) is 18.2 Å². The summed E-state index contributed by atoms with van der Waals surface area (Å²) in [4.78, 5) is 12.1. The topological polar surface area (TPSA) is 43.1 Å². The number of rotatable bonds is 4. The molecular formula is C15H13ClFNO. The van der Waals surface area contributed by atoms with E-state index >= 15 is 0 Å². The number of hydrogen-bond acceptors (Lipinski definition) is 2. The van der Waals surface area contributed by atoms with Crippen LogP contribution in [0.3, 0.4) is 0 Å². The van der Waals surface area contributed by atoms with Crippen molar-refractivity contribution in [2.45, 2.75) is 12.5 Å². The van der Waals surface area contributed by atoms with Gasteiger partial charge in [0.2, 0.25) is 0 Å². The Kier molecular flexibility index (Phi) is 4.30.